The number of aliphatic hydroxyl groups is 1. The molecular formula is C14H20O3S. The van der Waals surface area contributed by atoms with Crippen LogP contribution in [0.1, 0.15) is 31.2 Å². The summed E-state index contributed by atoms with van der Waals surface area (Å²) in [6, 6.07) is 9.67. The van der Waals surface area contributed by atoms with Crippen LogP contribution in [0.15, 0.2) is 30.3 Å². The largest absolute Gasteiger partial charge is 0.453 e. The molecule has 100 valence electrons. The molecule has 0 atom stereocenters. The lowest BCUT2D eigenvalue weighted by atomic mass is 10.2. The molecule has 0 aliphatic carbocycles. The fourth-order valence-corrected chi connectivity index (χ4v) is 2.14. The molecule has 0 aliphatic rings. The summed E-state index contributed by atoms with van der Waals surface area (Å²) in [5.74, 6) is 0.791. The van der Waals surface area contributed by atoms with Gasteiger partial charge >= 0.3 is 5.30 Å². The Balaban J connectivity index is 2.01. The molecule has 0 unspecified atom stereocenters. The van der Waals surface area contributed by atoms with Gasteiger partial charge < -0.3 is 9.84 Å². The van der Waals surface area contributed by atoms with Crippen LogP contribution in [0, 0.1) is 0 Å². The number of aliphatic hydroxyl groups excluding tert-OH is 1. The van der Waals surface area contributed by atoms with E-state index in [1.165, 1.54) is 11.8 Å². The van der Waals surface area contributed by atoms with E-state index in [1.807, 2.05) is 30.3 Å². The van der Waals surface area contributed by atoms with Gasteiger partial charge in [0.15, 0.2) is 0 Å². The molecule has 0 aromatic heterocycles. The van der Waals surface area contributed by atoms with Gasteiger partial charge in [0.05, 0.1) is 0 Å². The van der Waals surface area contributed by atoms with Gasteiger partial charge in [-0.15, -0.1) is 0 Å². The van der Waals surface area contributed by atoms with Gasteiger partial charge in [0, 0.05) is 12.4 Å². The zero-order chi connectivity index (χ0) is 13.1. The lowest BCUT2D eigenvalue weighted by Crippen LogP contribution is -1.99. The van der Waals surface area contributed by atoms with Crippen molar-refractivity contribution >= 4 is 17.1 Å². The summed E-state index contributed by atoms with van der Waals surface area (Å²) in [6.45, 7) is 0.601. The molecule has 3 nitrogen and oxygen atoms in total. The highest BCUT2D eigenvalue weighted by Gasteiger charge is 2.03. The second-order valence-corrected chi connectivity index (χ2v) is 5.04. The highest BCUT2D eigenvalue weighted by Crippen LogP contribution is 2.12. The van der Waals surface area contributed by atoms with Crippen LogP contribution in [-0.2, 0) is 11.3 Å². The molecule has 1 rings (SSSR count). The Morgan fingerprint density at radius 2 is 1.83 bits per heavy atom. The predicted octanol–water partition coefficient (Wildman–Crippen LogP) is 3.61. The zero-order valence-corrected chi connectivity index (χ0v) is 11.3. The van der Waals surface area contributed by atoms with Crippen molar-refractivity contribution in [3.8, 4) is 0 Å². The molecule has 0 amide bonds. The maximum Gasteiger partial charge on any atom is 0.367 e. The Labute approximate surface area is 113 Å². The van der Waals surface area contributed by atoms with E-state index < -0.39 is 0 Å². The Bertz CT molecular complexity index is 327. The molecule has 0 aliphatic heterocycles. The van der Waals surface area contributed by atoms with Crippen LogP contribution >= 0.6 is 11.8 Å². The average molecular weight is 268 g/mol. The number of carbonyl (C=O) groups is 1. The van der Waals surface area contributed by atoms with Crippen molar-refractivity contribution in [2.24, 2.45) is 0 Å². The summed E-state index contributed by atoms with van der Waals surface area (Å²) >= 11 is 1.23. The van der Waals surface area contributed by atoms with E-state index in [0.717, 1.165) is 37.0 Å². The first kappa shape index (κ1) is 15.1. The molecule has 1 N–H and O–H groups in total. The van der Waals surface area contributed by atoms with E-state index in [-0.39, 0.29) is 11.9 Å². The summed E-state index contributed by atoms with van der Waals surface area (Å²) < 4.78 is 5.14. The molecule has 0 bridgehead atoms. The van der Waals surface area contributed by atoms with Crippen LogP contribution in [0.25, 0.3) is 0 Å². The third-order valence-corrected chi connectivity index (χ3v) is 3.32. The van der Waals surface area contributed by atoms with E-state index in [1.54, 1.807) is 0 Å². The molecule has 0 fully saturated rings. The number of hydrogen-bond acceptors (Lipinski definition) is 4. The quantitative estimate of drug-likeness (QED) is 0.578. The molecular weight excluding hydrogens is 248 g/mol. The van der Waals surface area contributed by atoms with Crippen molar-refractivity contribution in [3.63, 3.8) is 0 Å². The maximum atomic E-state index is 11.4. The molecule has 0 spiro atoms. The van der Waals surface area contributed by atoms with Gasteiger partial charge in [0.2, 0.25) is 0 Å². The highest BCUT2D eigenvalue weighted by atomic mass is 32.2. The Hall–Kier alpha value is -1.00. The SMILES string of the molecule is O=C(OCc1ccccc1)SCCCCCCO. The normalized spacial score (nSPS) is 10.3. The van der Waals surface area contributed by atoms with Crippen molar-refractivity contribution in [3.05, 3.63) is 35.9 Å². The molecule has 0 saturated carbocycles. The van der Waals surface area contributed by atoms with Gasteiger partial charge in [0.1, 0.15) is 6.61 Å². The minimum Gasteiger partial charge on any atom is -0.453 e. The van der Waals surface area contributed by atoms with Gasteiger partial charge in [-0.05, 0) is 30.2 Å². The molecule has 18 heavy (non-hydrogen) atoms. The standard InChI is InChI=1S/C14H20O3S/c15-10-6-1-2-7-11-18-14(16)17-12-13-8-4-3-5-9-13/h3-5,8-9,15H,1-2,6-7,10-12H2. The van der Waals surface area contributed by atoms with Crippen LogP contribution in [-0.4, -0.2) is 22.8 Å². The number of thioether (sulfide) groups is 1. The first-order valence-corrected chi connectivity index (χ1v) is 7.26. The number of ether oxygens (including phenoxy) is 1. The van der Waals surface area contributed by atoms with Gasteiger partial charge in [-0.1, -0.05) is 43.2 Å². The summed E-state index contributed by atoms with van der Waals surface area (Å²) in [5, 5.41) is 8.40. The Morgan fingerprint density at radius 1 is 1.11 bits per heavy atom. The number of rotatable bonds is 8. The van der Waals surface area contributed by atoms with Gasteiger partial charge in [-0.25, -0.2) is 4.79 Å². The van der Waals surface area contributed by atoms with E-state index in [9.17, 15) is 4.79 Å². The molecule has 0 heterocycles. The average Bonchev–Trinajstić information content (AvgIpc) is 2.41. The highest BCUT2D eigenvalue weighted by molar-refractivity contribution is 8.13. The van der Waals surface area contributed by atoms with Crippen LogP contribution in [0.5, 0.6) is 0 Å². The van der Waals surface area contributed by atoms with Gasteiger partial charge in [-0.3, -0.25) is 0 Å². The monoisotopic (exact) mass is 268 g/mol. The summed E-state index contributed by atoms with van der Waals surface area (Å²) in [7, 11) is 0. The van der Waals surface area contributed by atoms with Crippen LogP contribution < -0.4 is 0 Å². The van der Waals surface area contributed by atoms with E-state index in [2.05, 4.69) is 0 Å². The van der Waals surface area contributed by atoms with E-state index in [4.69, 9.17) is 9.84 Å². The van der Waals surface area contributed by atoms with Crippen molar-refractivity contribution in [2.45, 2.75) is 32.3 Å². The van der Waals surface area contributed by atoms with Gasteiger partial charge in [0.25, 0.3) is 0 Å². The summed E-state index contributed by atoms with van der Waals surface area (Å²) in [5.41, 5.74) is 1.01. The van der Waals surface area contributed by atoms with Crippen molar-refractivity contribution in [1.29, 1.82) is 0 Å². The number of unbranched alkanes of at least 4 members (excludes halogenated alkanes) is 3. The lowest BCUT2D eigenvalue weighted by molar-refractivity contribution is 0.168. The lowest BCUT2D eigenvalue weighted by Gasteiger charge is -2.04. The number of carbonyl (C=O) groups excluding carboxylic acids is 1. The van der Waals surface area contributed by atoms with E-state index >= 15 is 0 Å². The van der Waals surface area contributed by atoms with Crippen LogP contribution in [0.3, 0.4) is 0 Å². The Morgan fingerprint density at radius 3 is 2.56 bits per heavy atom. The topological polar surface area (TPSA) is 46.5 Å². The van der Waals surface area contributed by atoms with Crippen molar-refractivity contribution < 1.29 is 14.6 Å². The zero-order valence-electron chi connectivity index (χ0n) is 10.5. The summed E-state index contributed by atoms with van der Waals surface area (Å²) in [6.07, 6.45) is 3.92. The van der Waals surface area contributed by atoms with E-state index in [0.29, 0.717) is 6.61 Å². The Kier molecular flexibility index (Phi) is 8.34. The summed E-state index contributed by atoms with van der Waals surface area (Å²) in [4.78, 5) is 11.4. The minimum atomic E-state index is -0.207. The molecule has 0 saturated heterocycles. The first-order chi connectivity index (χ1) is 8.83. The molecule has 1 aromatic carbocycles. The second kappa shape index (κ2) is 9.97. The van der Waals surface area contributed by atoms with Crippen LogP contribution in [0.2, 0.25) is 0 Å². The molecule has 4 heteroatoms. The second-order valence-electron chi connectivity index (χ2n) is 4.01. The molecule has 0 radical (unpaired) electrons. The fraction of sp³-hybridized carbons (Fsp3) is 0.500. The maximum absolute atomic E-state index is 11.4. The number of benzene rings is 1. The fourth-order valence-electron chi connectivity index (χ4n) is 1.48. The van der Waals surface area contributed by atoms with Crippen molar-refractivity contribution in [1.82, 2.24) is 0 Å². The third kappa shape index (κ3) is 7.35. The third-order valence-electron chi connectivity index (χ3n) is 2.47. The molecule has 1 aromatic rings. The number of hydrogen-bond donors (Lipinski definition) is 1. The van der Waals surface area contributed by atoms with Crippen LogP contribution in [0.4, 0.5) is 4.79 Å². The predicted molar refractivity (Wildman–Crippen MR) is 74.6 cm³/mol. The smallest absolute Gasteiger partial charge is 0.367 e. The van der Waals surface area contributed by atoms with Gasteiger partial charge in [-0.2, -0.15) is 0 Å². The minimum absolute atomic E-state index is 0.207. The first-order valence-electron chi connectivity index (χ1n) is 6.27. The van der Waals surface area contributed by atoms with Crippen molar-refractivity contribution in [2.75, 3.05) is 12.4 Å².